The highest BCUT2D eigenvalue weighted by Gasteiger charge is 2.10. The second kappa shape index (κ2) is 6.18. The molecule has 0 aromatic rings. The van der Waals surface area contributed by atoms with Crippen molar-refractivity contribution in [3.8, 4) is 0 Å². The molecule has 0 bridgehead atoms. The molecule has 1 aliphatic heterocycles. The molecule has 0 radical (unpaired) electrons. The zero-order valence-electron chi connectivity index (χ0n) is 8.05. The molecule has 1 rings (SSSR count). The molecule has 2 heteroatoms. The van der Waals surface area contributed by atoms with E-state index in [1.54, 1.807) is 0 Å². The molecule has 0 saturated carbocycles. The Labute approximate surface area is 75.5 Å². The lowest BCUT2D eigenvalue weighted by atomic mass is 9.99. The Kier molecular flexibility index (Phi) is 5.00. The van der Waals surface area contributed by atoms with Gasteiger partial charge in [-0.1, -0.05) is 13.3 Å². The van der Waals surface area contributed by atoms with Crippen LogP contribution in [0.2, 0.25) is 0 Å². The molecule has 2 nitrogen and oxygen atoms in total. The van der Waals surface area contributed by atoms with Gasteiger partial charge in [0.25, 0.3) is 0 Å². The van der Waals surface area contributed by atoms with Crippen LogP contribution in [0.4, 0.5) is 0 Å². The number of aliphatic imine (C=N–C) groups is 1. The molecule has 0 aliphatic carbocycles. The maximum absolute atomic E-state index is 4.43. The van der Waals surface area contributed by atoms with Crippen LogP contribution in [0.3, 0.4) is 0 Å². The number of rotatable bonds is 4. The van der Waals surface area contributed by atoms with Crippen LogP contribution in [-0.4, -0.2) is 25.8 Å². The minimum Gasteiger partial charge on any atom is -0.317 e. The van der Waals surface area contributed by atoms with Gasteiger partial charge in [-0.2, -0.15) is 0 Å². The molecular formula is C10H20N2. The van der Waals surface area contributed by atoms with Crippen molar-refractivity contribution in [2.45, 2.75) is 32.6 Å². The minimum atomic E-state index is 0.847. The van der Waals surface area contributed by atoms with Gasteiger partial charge in [0, 0.05) is 6.54 Å². The van der Waals surface area contributed by atoms with Gasteiger partial charge in [-0.15, -0.1) is 0 Å². The van der Waals surface area contributed by atoms with E-state index in [9.17, 15) is 0 Å². The normalized spacial score (nSPS) is 20.4. The standard InChI is InChI=1S/C10H20N2/c1-2-3-6-12-9-10-4-7-11-8-5-10/h6,10-11H,2-5,7-9H2,1H3. The van der Waals surface area contributed by atoms with E-state index in [1.807, 2.05) is 0 Å². The maximum Gasteiger partial charge on any atom is 0.0414 e. The summed E-state index contributed by atoms with van der Waals surface area (Å²) in [4.78, 5) is 4.43. The van der Waals surface area contributed by atoms with E-state index in [0.717, 1.165) is 18.9 Å². The largest absolute Gasteiger partial charge is 0.317 e. The molecule has 0 amide bonds. The topological polar surface area (TPSA) is 24.4 Å². The van der Waals surface area contributed by atoms with Crippen LogP contribution >= 0.6 is 0 Å². The first-order chi connectivity index (χ1) is 5.93. The third-order valence-corrected chi connectivity index (χ3v) is 2.37. The summed E-state index contributed by atoms with van der Waals surface area (Å²) >= 11 is 0. The number of unbranched alkanes of at least 4 members (excludes halogenated alkanes) is 1. The van der Waals surface area contributed by atoms with Crippen LogP contribution in [0.25, 0.3) is 0 Å². The zero-order chi connectivity index (χ0) is 8.65. The van der Waals surface area contributed by atoms with Crippen molar-refractivity contribution in [3.63, 3.8) is 0 Å². The van der Waals surface area contributed by atoms with Crippen molar-refractivity contribution in [3.05, 3.63) is 0 Å². The molecule has 1 N–H and O–H groups in total. The highest BCUT2D eigenvalue weighted by molar-refractivity contribution is 5.56. The Balaban J connectivity index is 2.04. The van der Waals surface area contributed by atoms with E-state index >= 15 is 0 Å². The second-order valence-electron chi connectivity index (χ2n) is 3.53. The fraction of sp³-hybridized carbons (Fsp3) is 0.900. The Morgan fingerprint density at radius 2 is 2.17 bits per heavy atom. The monoisotopic (exact) mass is 168 g/mol. The first kappa shape index (κ1) is 9.72. The lowest BCUT2D eigenvalue weighted by Gasteiger charge is -2.20. The SMILES string of the molecule is CCCC=NCC1CCNCC1. The van der Waals surface area contributed by atoms with Crippen LogP contribution in [0.1, 0.15) is 32.6 Å². The van der Waals surface area contributed by atoms with E-state index in [-0.39, 0.29) is 0 Å². The van der Waals surface area contributed by atoms with E-state index in [1.165, 1.54) is 32.4 Å². The summed E-state index contributed by atoms with van der Waals surface area (Å²) in [6.45, 7) is 5.63. The van der Waals surface area contributed by atoms with Crippen molar-refractivity contribution in [1.29, 1.82) is 0 Å². The average molecular weight is 168 g/mol. The highest BCUT2D eigenvalue weighted by atomic mass is 14.9. The van der Waals surface area contributed by atoms with E-state index in [0.29, 0.717) is 0 Å². The summed E-state index contributed by atoms with van der Waals surface area (Å²) in [6.07, 6.45) is 7.07. The summed E-state index contributed by atoms with van der Waals surface area (Å²) < 4.78 is 0. The van der Waals surface area contributed by atoms with E-state index in [2.05, 4.69) is 23.4 Å². The van der Waals surface area contributed by atoms with Crippen molar-refractivity contribution in [2.24, 2.45) is 10.9 Å². The summed E-state index contributed by atoms with van der Waals surface area (Å²) in [5.41, 5.74) is 0. The number of piperidine rings is 1. The van der Waals surface area contributed by atoms with Crippen molar-refractivity contribution >= 4 is 6.21 Å². The third-order valence-electron chi connectivity index (χ3n) is 2.37. The first-order valence-electron chi connectivity index (χ1n) is 5.12. The maximum atomic E-state index is 4.43. The first-order valence-corrected chi connectivity index (χ1v) is 5.12. The lowest BCUT2D eigenvalue weighted by molar-refractivity contribution is 0.383. The van der Waals surface area contributed by atoms with Crippen LogP contribution < -0.4 is 5.32 Å². The summed E-state index contributed by atoms with van der Waals surface area (Å²) in [5.74, 6) is 0.847. The van der Waals surface area contributed by atoms with Gasteiger partial charge < -0.3 is 5.32 Å². The second-order valence-corrected chi connectivity index (χ2v) is 3.53. The lowest BCUT2D eigenvalue weighted by Crippen LogP contribution is -2.28. The summed E-state index contributed by atoms with van der Waals surface area (Å²) in [7, 11) is 0. The molecule has 0 aromatic carbocycles. The van der Waals surface area contributed by atoms with Gasteiger partial charge in [-0.3, -0.25) is 4.99 Å². The van der Waals surface area contributed by atoms with Crippen LogP contribution in [0.5, 0.6) is 0 Å². The number of nitrogens with zero attached hydrogens (tertiary/aromatic N) is 1. The summed E-state index contributed by atoms with van der Waals surface area (Å²) in [6, 6.07) is 0. The van der Waals surface area contributed by atoms with Gasteiger partial charge >= 0.3 is 0 Å². The molecule has 0 atom stereocenters. The molecule has 0 spiro atoms. The Morgan fingerprint density at radius 1 is 1.42 bits per heavy atom. The van der Waals surface area contributed by atoms with Crippen molar-refractivity contribution < 1.29 is 0 Å². The molecule has 12 heavy (non-hydrogen) atoms. The fourth-order valence-electron chi connectivity index (χ4n) is 1.51. The number of hydrogen-bond acceptors (Lipinski definition) is 2. The quantitative estimate of drug-likeness (QED) is 0.637. The summed E-state index contributed by atoms with van der Waals surface area (Å²) in [5, 5.41) is 3.36. The minimum absolute atomic E-state index is 0.847. The average Bonchev–Trinajstić information content (AvgIpc) is 2.14. The Morgan fingerprint density at radius 3 is 2.83 bits per heavy atom. The van der Waals surface area contributed by atoms with Gasteiger partial charge in [0.15, 0.2) is 0 Å². The predicted molar refractivity (Wildman–Crippen MR) is 53.9 cm³/mol. The van der Waals surface area contributed by atoms with Gasteiger partial charge in [-0.25, -0.2) is 0 Å². The van der Waals surface area contributed by atoms with Gasteiger partial charge in [0.2, 0.25) is 0 Å². The van der Waals surface area contributed by atoms with Crippen molar-refractivity contribution in [2.75, 3.05) is 19.6 Å². The number of hydrogen-bond donors (Lipinski definition) is 1. The zero-order valence-corrected chi connectivity index (χ0v) is 8.05. The third kappa shape index (κ3) is 3.86. The van der Waals surface area contributed by atoms with Crippen molar-refractivity contribution in [1.82, 2.24) is 5.32 Å². The highest BCUT2D eigenvalue weighted by Crippen LogP contribution is 2.11. The predicted octanol–water partition coefficient (Wildman–Crippen LogP) is 1.86. The molecule has 0 aromatic heterocycles. The van der Waals surface area contributed by atoms with Crippen LogP contribution in [0.15, 0.2) is 4.99 Å². The molecule has 1 aliphatic rings. The molecule has 1 saturated heterocycles. The van der Waals surface area contributed by atoms with Gasteiger partial charge in [-0.05, 0) is 44.5 Å². The van der Waals surface area contributed by atoms with Gasteiger partial charge in [0.05, 0.1) is 0 Å². The van der Waals surface area contributed by atoms with Crippen LogP contribution in [0, 0.1) is 5.92 Å². The molecular weight excluding hydrogens is 148 g/mol. The number of nitrogens with one attached hydrogen (secondary N) is 1. The van der Waals surface area contributed by atoms with Gasteiger partial charge in [0.1, 0.15) is 0 Å². The van der Waals surface area contributed by atoms with Crippen LogP contribution in [-0.2, 0) is 0 Å². The fourth-order valence-corrected chi connectivity index (χ4v) is 1.51. The Bertz CT molecular complexity index is 126. The van der Waals surface area contributed by atoms with E-state index < -0.39 is 0 Å². The smallest absolute Gasteiger partial charge is 0.0414 e. The molecule has 1 fully saturated rings. The molecule has 1 heterocycles. The molecule has 70 valence electrons. The Hall–Kier alpha value is -0.370. The molecule has 0 unspecified atom stereocenters. The van der Waals surface area contributed by atoms with E-state index in [4.69, 9.17) is 0 Å².